The van der Waals surface area contributed by atoms with Crippen LogP contribution in [0, 0.1) is 0 Å². The van der Waals surface area contributed by atoms with E-state index in [1.54, 1.807) is 30.3 Å². The molecule has 0 unspecified atom stereocenters. The molecule has 0 radical (unpaired) electrons. The van der Waals surface area contributed by atoms with Gasteiger partial charge in [0.15, 0.2) is 0 Å². The lowest BCUT2D eigenvalue weighted by molar-refractivity contribution is -0.123. The van der Waals surface area contributed by atoms with Crippen molar-refractivity contribution in [3.05, 3.63) is 57.8 Å². The average Bonchev–Trinajstić information content (AvgIpc) is 2.80. The maximum absolute atomic E-state index is 13.6. The SMILES string of the molecule is CCN(CC)CCCOc1ccc2nc(-c3cccc(Cl)c3)n(CC(=O)NC(C)(C)C)c(=O)c2c1. The van der Waals surface area contributed by atoms with Crippen LogP contribution in [0.2, 0.25) is 5.02 Å². The maximum Gasteiger partial charge on any atom is 0.262 e. The molecule has 1 amide bonds. The van der Waals surface area contributed by atoms with Crippen LogP contribution in [-0.2, 0) is 11.3 Å². The van der Waals surface area contributed by atoms with Gasteiger partial charge in [0.1, 0.15) is 18.1 Å². The molecule has 0 fully saturated rings. The minimum absolute atomic E-state index is 0.157. The summed E-state index contributed by atoms with van der Waals surface area (Å²) >= 11 is 6.20. The Balaban J connectivity index is 1.96. The summed E-state index contributed by atoms with van der Waals surface area (Å²) in [5.74, 6) is 0.729. The number of aromatic nitrogens is 2. The first-order valence-electron chi connectivity index (χ1n) is 12.1. The zero-order chi connectivity index (χ0) is 25.6. The zero-order valence-corrected chi connectivity index (χ0v) is 22.0. The molecule has 0 aliphatic rings. The van der Waals surface area contributed by atoms with E-state index in [0.717, 1.165) is 26.1 Å². The Hall–Kier alpha value is -2.90. The third kappa shape index (κ3) is 7.29. The highest BCUT2D eigenvalue weighted by Gasteiger charge is 2.19. The lowest BCUT2D eigenvalue weighted by atomic mass is 10.1. The minimum atomic E-state index is -0.423. The number of nitrogens with zero attached hydrogens (tertiary/aromatic N) is 3. The standard InChI is InChI=1S/C27H35ClN4O3/c1-6-31(7-2)14-9-15-35-21-12-13-23-22(17-21)26(34)32(18-24(33)30-27(3,4)5)25(29-23)19-10-8-11-20(28)16-19/h8,10-13,16-17H,6-7,9,14-15,18H2,1-5H3,(H,30,33). The quantitative estimate of drug-likeness (QED) is 0.408. The Kier molecular flexibility index (Phi) is 8.92. The van der Waals surface area contributed by atoms with E-state index in [1.165, 1.54) is 4.57 Å². The summed E-state index contributed by atoms with van der Waals surface area (Å²) in [6.07, 6.45) is 0.892. The van der Waals surface area contributed by atoms with E-state index in [9.17, 15) is 9.59 Å². The zero-order valence-electron chi connectivity index (χ0n) is 21.2. The molecule has 8 heteroatoms. The number of nitrogens with one attached hydrogen (secondary N) is 1. The largest absolute Gasteiger partial charge is 0.494 e. The first kappa shape index (κ1) is 26.7. The Morgan fingerprint density at radius 3 is 2.54 bits per heavy atom. The topological polar surface area (TPSA) is 76.5 Å². The molecule has 0 saturated carbocycles. The Morgan fingerprint density at radius 1 is 1.14 bits per heavy atom. The van der Waals surface area contributed by atoms with Gasteiger partial charge in [-0.3, -0.25) is 14.2 Å². The summed E-state index contributed by atoms with van der Waals surface area (Å²) in [6.45, 7) is 13.4. The normalized spacial score (nSPS) is 11.7. The molecule has 1 heterocycles. The molecule has 3 rings (SSSR count). The molecule has 0 bridgehead atoms. The summed E-state index contributed by atoms with van der Waals surface area (Å²) in [6, 6.07) is 12.4. The van der Waals surface area contributed by atoms with Crippen molar-refractivity contribution < 1.29 is 9.53 Å². The summed E-state index contributed by atoms with van der Waals surface area (Å²) < 4.78 is 7.33. The van der Waals surface area contributed by atoms with Gasteiger partial charge < -0.3 is 15.0 Å². The van der Waals surface area contributed by atoms with E-state index in [1.807, 2.05) is 32.9 Å². The second kappa shape index (κ2) is 11.7. The molecular weight excluding hydrogens is 464 g/mol. The number of rotatable bonds is 10. The van der Waals surface area contributed by atoms with Crippen LogP contribution in [-0.4, -0.2) is 52.1 Å². The Morgan fingerprint density at radius 2 is 1.89 bits per heavy atom. The highest BCUT2D eigenvalue weighted by molar-refractivity contribution is 6.30. The summed E-state index contributed by atoms with van der Waals surface area (Å²) in [7, 11) is 0. The summed E-state index contributed by atoms with van der Waals surface area (Å²) in [5, 5.41) is 3.84. The van der Waals surface area contributed by atoms with Crippen LogP contribution in [0.15, 0.2) is 47.3 Å². The van der Waals surface area contributed by atoms with Gasteiger partial charge in [-0.05, 0) is 70.6 Å². The molecule has 188 valence electrons. The van der Waals surface area contributed by atoms with Crippen molar-refractivity contribution in [3.8, 4) is 17.1 Å². The van der Waals surface area contributed by atoms with Crippen molar-refractivity contribution in [2.24, 2.45) is 0 Å². The minimum Gasteiger partial charge on any atom is -0.494 e. The van der Waals surface area contributed by atoms with Gasteiger partial charge in [0.05, 0.1) is 17.5 Å². The average molecular weight is 499 g/mol. The van der Waals surface area contributed by atoms with Crippen molar-refractivity contribution in [1.82, 2.24) is 19.8 Å². The third-order valence-electron chi connectivity index (χ3n) is 5.61. The number of amides is 1. The van der Waals surface area contributed by atoms with Gasteiger partial charge in [-0.1, -0.05) is 37.6 Å². The van der Waals surface area contributed by atoms with Crippen LogP contribution in [0.25, 0.3) is 22.3 Å². The smallest absolute Gasteiger partial charge is 0.262 e. The third-order valence-corrected chi connectivity index (χ3v) is 5.84. The van der Waals surface area contributed by atoms with E-state index < -0.39 is 5.54 Å². The lowest BCUT2D eigenvalue weighted by Crippen LogP contribution is -2.43. The van der Waals surface area contributed by atoms with Crippen LogP contribution >= 0.6 is 11.6 Å². The van der Waals surface area contributed by atoms with Gasteiger partial charge in [-0.15, -0.1) is 0 Å². The fourth-order valence-electron chi connectivity index (χ4n) is 3.90. The predicted octanol–water partition coefficient (Wildman–Crippen LogP) is 4.74. The van der Waals surface area contributed by atoms with E-state index in [2.05, 4.69) is 24.1 Å². The highest BCUT2D eigenvalue weighted by atomic mass is 35.5. The number of carbonyl (C=O) groups excluding carboxylic acids is 1. The summed E-state index contributed by atoms with van der Waals surface area (Å²) in [5.41, 5.74) is 0.472. The van der Waals surface area contributed by atoms with E-state index in [-0.39, 0.29) is 18.0 Å². The second-order valence-electron chi connectivity index (χ2n) is 9.54. The van der Waals surface area contributed by atoms with Gasteiger partial charge in [0.2, 0.25) is 5.91 Å². The number of hydrogen-bond donors (Lipinski definition) is 1. The van der Waals surface area contributed by atoms with Crippen molar-refractivity contribution in [2.75, 3.05) is 26.2 Å². The Bertz CT molecular complexity index is 1230. The number of halogens is 1. The lowest BCUT2D eigenvalue weighted by Gasteiger charge is -2.21. The molecular formula is C27H35ClN4O3. The van der Waals surface area contributed by atoms with Crippen molar-refractivity contribution >= 4 is 28.4 Å². The number of carbonyl (C=O) groups is 1. The van der Waals surface area contributed by atoms with Crippen LogP contribution in [0.1, 0.15) is 41.0 Å². The fraction of sp³-hybridized carbons (Fsp3) is 0.444. The molecule has 0 saturated heterocycles. The first-order valence-corrected chi connectivity index (χ1v) is 12.5. The van der Waals surface area contributed by atoms with E-state index in [4.69, 9.17) is 21.3 Å². The molecule has 1 N–H and O–H groups in total. The molecule has 0 aliphatic carbocycles. The molecule has 3 aromatic rings. The first-order chi connectivity index (χ1) is 16.6. The van der Waals surface area contributed by atoms with Gasteiger partial charge in [0.25, 0.3) is 5.56 Å². The maximum atomic E-state index is 13.6. The molecule has 1 aromatic heterocycles. The molecule has 2 aromatic carbocycles. The van der Waals surface area contributed by atoms with E-state index >= 15 is 0 Å². The fourth-order valence-corrected chi connectivity index (χ4v) is 4.09. The molecule has 0 aliphatic heterocycles. The highest BCUT2D eigenvalue weighted by Crippen LogP contribution is 2.24. The molecule has 35 heavy (non-hydrogen) atoms. The number of ether oxygens (including phenoxy) is 1. The van der Waals surface area contributed by atoms with Gasteiger partial charge in [0, 0.05) is 22.7 Å². The monoisotopic (exact) mass is 498 g/mol. The van der Waals surface area contributed by atoms with E-state index in [0.29, 0.717) is 39.7 Å². The van der Waals surface area contributed by atoms with Crippen molar-refractivity contribution in [3.63, 3.8) is 0 Å². The molecule has 0 spiro atoms. The van der Waals surface area contributed by atoms with Crippen LogP contribution in [0.5, 0.6) is 5.75 Å². The van der Waals surface area contributed by atoms with Gasteiger partial charge in [-0.25, -0.2) is 4.98 Å². The van der Waals surface area contributed by atoms with Gasteiger partial charge in [-0.2, -0.15) is 0 Å². The molecule has 7 nitrogen and oxygen atoms in total. The van der Waals surface area contributed by atoms with Crippen LogP contribution in [0.4, 0.5) is 0 Å². The van der Waals surface area contributed by atoms with Crippen molar-refractivity contribution in [2.45, 2.75) is 53.1 Å². The number of fused-ring (bicyclic) bond motifs is 1. The molecule has 0 atom stereocenters. The second-order valence-corrected chi connectivity index (χ2v) is 9.98. The number of benzene rings is 2. The summed E-state index contributed by atoms with van der Waals surface area (Å²) in [4.78, 5) is 33.4. The van der Waals surface area contributed by atoms with Crippen LogP contribution in [0.3, 0.4) is 0 Å². The van der Waals surface area contributed by atoms with Crippen LogP contribution < -0.4 is 15.6 Å². The predicted molar refractivity (Wildman–Crippen MR) is 142 cm³/mol. The Labute approximate surface area is 212 Å². The number of hydrogen-bond acceptors (Lipinski definition) is 5. The van der Waals surface area contributed by atoms with Gasteiger partial charge >= 0.3 is 0 Å². The van der Waals surface area contributed by atoms with Crippen molar-refractivity contribution in [1.29, 1.82) is 0 Å².